The molecule has 0 fully saturated rings. The molecule has 304 valence electrons. The molecule has 4 heterocycles. The van der Waals surface area contributed by atoms with Crippen molar-refractivity contribution in [2.45, 2.75) is 33.1 Å². The van der Waals surface area contributed by atoms with E-state index in [1.165, 1.54) is 63.3 Å². The Morgan fingerprint density at radius 3 is 1.22 bits per heavy atom. The first-order valence-corrected chi connectivity index (χ1v) is 23.3. The molecule has 0 N–H and O–H groups in total. The number of fused-ring (bicyclic) bond motifs is 14. The lowest BCUT2D eigenvalue weighted by atomic mass is 9.89. The molecule has 4 nitrogen and oxygen atoms in total. The van der Waals surface area contributed by atoms with Gasteiger partial charge in [0.05, 0.1) is 0 Å². The molecule has 0 saturated heterocycles. The molecule has 13 rings (SSSR count). The van der Waals surface area contributed by atoms with Crippen LogP contribution in [0, 0.1) is 13.8 Å². The van der Waals surface area contributed by atoms with Crippen molar-refractivity contribution in [3.63, 3.8) is 0 Å². The van der Waals surface area contributed by atoms with Gasteiger partial charge >= 0.3 is 0 Å². The minimum absolute atomic E-state index is 0.150. The van der Waals surface area contributed by atoms with Gasteiger partial charge in [-0.2, -0.15) is 0 Å². The summed E-state index contributed by atoms with van der Waals surface area (Å²) in [6.45, 7) is 4.88. The molecule has 10 aromatic rings. The number of thiophene rings is 2. The molecule has 2 aromatic heterocycles. The predicted octanol–water partition coefficient (Wildman–Crippen LogP) is 16.3. The number of aryl methyl sites for hydroxylation is 2. The second-order valence-corrected chi connectivity index (χ2v) is 19.3. The Morgan fingerprint density at radius 1 is 0.381 bits per heavy atom. The summed E-state index contributed by atoms with van der Waals surface area (Å²) in [5.41, 5.74) is 12.2. The van der Waals surface area contributed by atoms with Gasteiger partial charge in [0.2, 0.25) is 13.6 Å². The van der Waals surface area contributed by atoms with Crippen molar-refractivity contribution in [1.29, 1.82) is 0 Å². The van der Waals surface area contributed by atoms with Crippen LogP contribution in [0.1, 0.15) is 40.1 Å². The summed E-state index contributed by atoms with van der Waals surface area (Å²) >= 11 is 3.73. The number of allylic oxidation sites excluding steroid dienone is 2. The summed E-state index contributed by atoms with van der Waals surface area (Å²) in [4.78, 5) is 5.06. The number of ether oxygens (including phenoxy) is 4. The zero-order chi connectivity index (χ0) is 41.8. The van der Waals surface area contributed by atoms with Crippen LogP contribution in [0.2, 0.25) is 0 Å². The zero-order valence-corrected chi connectivity index (χ0v) is 36.5. The molecule has 6 heteroatoms. The van der Waals surface area contributed by atoms with E-state index >= 15 is 0 Å². The minimum atomic E-state index is 0.150. The van der Waals surface area contributed by atoms with E-state index in [9.17, 15) is 0 Å². The van der Waals surface area contributed by atoms with Crippen molar-refractivity contribution in [1.82, 2.24) is 0 Å². The standard InChI is InChI=1S/C57H40O4S2/c1-32-44(28-50(62-32)46-26-36-14-5-9-18-40(36)54-52-38-16-7-3-12-34(38)22-24-48(52)58-30-60-56(46)54)42-20-11-21-43(42)45-29-51(63-33(45)2)47-27-37-15-6-10-19-41(37)55-53-39-17-8-4-13-35(39)23-25-49(53)59-31-61-57(47)55/h3-10,12-19,22-29H,11,20-21,30-31H2,1-2H3. The average molecular weight is 853 g/mol. The monoisotopic (exact) mass is 852 g/mol. The Morgan fingerprint density at radius 2 is 0.778 bits per heavy atom. The highest BCUT2D eigenvalue weighted by Gasteiger charge is 2.30. The minimum Gasteiger partial charge on any atom is -0.457 e. The highest BCUT2D eigenvalue weighted by atomic mass is 32.1. The molecule has 8 aromatic carbocycles. The Labute approximate surface area is 373 Å². The van der Waals surface area contributed by atoms with Crippen molar-refractivity contribution >= 4 is 76.9 Å². The van der Waals surface area contributed by atoms with Gasteiger partial charge in [-0.3, -0.25) is 0 Å². The molecule has 0 amide bonds. The van der Waals surface area contributed by atoms with Gasteiger partial charge in [-0.15, -0.1) is 22.7 Å². The molecule has 2 aliphatic heterocycles. The van der Waals surface area contributed by atoms with E-state index in [2.05, 4.69) is 159 Å². The van der Waals surface area contributed by atoms with Gasteiger partial charge in [0, 0.05) is 52.9 Å². The van der Waals surface area contributed by atoms with Crippen LogP contribution in [0.4, 0.5) is 0 Å². The average Bonchev–Trinajstić information content (AvgIpc) is 3.97. The first-order valence-electron chi connectivity index (χ1n) is 21.7. The lowest BCUT2D eigenvalue weighted by Gasteiger charge is -2.17. The molecule has 3 aliphatic rings. The quantitative estimate of drug-likeness (QED) is 0.177. The van der Waals surface area contributed by atoms with Gasteiger partial charge in [-0.05, 0) is 135 Å². The molecule has 0 unspecified atom stereocenters. The van der Waals surface area contributed by atoms with Crippen LogP contribution in [-0.4, -0.2) is 13.6 Å². The van der Waals surface area contributed by atoms with E-state index in [-0.39, 0.29) is 13.6 Å². The molecular formula is C57H40O4S2. The van der Waals surface area contributed by atoms with Crippen molar-refractivity contribution < 1.29 is 18.9 Å². The van der Waals surface area contributed by atoms with E-state index < -0.39 is 0 Å². The fraction of sp³-hybridized carbons (Fsp3) is 0.123. The number of rotatable bonds is 4. The number of hydrogen-bond acceptors (Lipinski definition) is 6. The zero-order valence-electron chi connectivity index (χ0n) is 34.8. The van der Waals surface area contributed by atoms with Crippen LogP contribution in [-0.2, 0) is 0 Å². The smallest absolute Gasteiger partial charge is 0.230 e. The van der Waals surface area contributed by atoms with E-state index in [1.54, 1.807) is 0 Å². The third-order valence-corrected chi connectivity index (χ3v) is 15.5. The lowest BCUT2D eigenvalue weighted by molar-refractivity contribution is 0.125. The van der Waals surface area contributed by atoms with E-state index in [4.69, 9.17) is 18.9 Å². The molecule has 63 heavy (non-hydrogen) atoms. The SMILES string of the molecule is Cc1sc(-c2cc3ccccc3c3c2OCOc2ccc4ccccc4c2-3)cc1C1=C(c2cc(-c3cc4ccccc4c4c3OCOc3ccc5ccccc5c3-4)sc2C)CCC1. The van der Waals surface area contributed by atoms with Gasteiger partial charge in [-0.25, -0.2) is 0 Å². The fourth-order valence-corrected chi connectivity index (χ4v) is 12.7. The highest BCUT2D eigenvalue weighted by Crippen LogP contribution is 2.55. The third kappa shape index (κ3) is 5.71. The Hall–Kier alpha value is -6.86. The van der Waals surface area contributed by atoms with Crippen molar-refractivity contribution in [2.75, 3.05) is 13.6 Å². The first kappa shape index (κ1) is 36.8. The second-order valence-electron chi connectivity index (χ2n) is 16.8. The summed E-state index contributed by atoms with van der Waals surface area (Å²) in [5.74, 6) is 3.46. The second kappa shape index (κ2) is 14.3. The van der Waals surface area contributed by atoms with E-state index in [0.717, 1.165) is 97.2 Å². The van der Waals surface area contributed by atoms with Crippen LogP contribution in [0.25, 0.3) is 97.4 Å². The summed E-state index contributed by atoms with van der Waals surface area (Å²) in [7, 11) is 0. The van der Waals surface area contributed by atoms with Gasteiger partial charge in [0.1, 0.15) is 23.0 Å². The van der Waals surface area contributed by atoms with E-state index in [1.807, 2.05) is 22.7 Å². The maximum atomic E-state index is 6.67. The Balaban J connectivity index is 0.959. The van der Waals surface area contributed by atoms with E-state index in [0.29, 0.717) is 0 Å². The van der Waals surface area contributed by atoms with Crippen molar-refractivity contribution in [3.8, 4) is 66.1 Å². The number of hydrogen-bond donors (Lipinski definition) is 0. The maximum Gasteiger partial charge on any atom is 0.230 e. The molecular weight excluding hydrogens is 813 g/mol. The summed E-state index contributed by atoms with van der Waals surface area (Å²) in [6, 6.07) is 52.5. The molecule has 0 radical (unpaired) electrons. The molecule has 1 aliphatic carbocycles. The van der Waals surface area contributed by atoms with Crippen molar-refractivity contribution in [2.24, 2.45) is 0 Å². The summed E-state index contributed by atoms with van der Waals surface area (Å²) in [6.07, 6.45) is 3.23. The molecule has 0 bridgehead atoms. The van der Waals surface area contributed by atoms with Gasteiger partial charge in [0.25, 0.3) is 0 Å². The van der Waals surface area contributed by atoms with Gasteiger partial charge in [-0.1, -0.05) is 109 Å². The molecule has 0 saturated carbocycles. The van der Waals surface area contributed by atoms with Crippen LogP contribution in [0.5, 0.6) is 23.0 Å². The third-order valence-electron chi connectivity index (χ3n) is 13.4. The first-order chi connectivity index (χ1) is 31.1. The molecule has 0 spiro atoms. The topological polar surface area (TPSA) is 36.9 Å². The van der Waals surface area contributed by atoms with Crippen molar-refractivity contribution in [3.05, 3.63) is 166 Å². The Bertz CT molecular complexity index is 3350. The van der Waals surface area contributed by atoms with Crippen LogP contribution >= 0.6 is 22.7 Å². The summed E-state index contributed by atoms with van der Waals surface area (Å²) in [5, 5.41) is 9.38. The van der Waals surface area contributed by atoms with Crippen LogP contribution in [0.15, 0.2) is 146 Å². The summed E-state index contributed by atoms with van der Waals surface area (Å²) < 4.78 is 26.0. The van der Waals surface area contributed by atoms with Crippen LogP contribution in [0.3, 0.4) is 0 Å². The predicted molar refractivity (Wildman–Crippen MR) is 263 cm³/mol. The van der Waals surface area contributed by atoms with Gasteiger partial charge in [0.15, 0.2) is 0 Å². The lowest BCUT2D eigenvalue weighted by Crippen LogP contribution is -2.04. The van der Waals surface area contributed by atoms with Gasteiger partial charge < -0.3 is 18.9 Å². The number of benzene rings is 8. The van der Waals surface area contributed by atoms with Crippen LogP contribution < -0.4 is 18.9 Å². The fourth-order valence-electron chi connectivity index (χ4n) is 10.5. The maximum absolute atomic E-state index is 6.67. The molecule has 0 atom stereocenters. The normalized spacial score (nSPS) is 14.3. The largest absolute Gasteiger partial charge is 0.457 e. The highest BCUT2D eigenvalue weighted by molar-refractivity contribution is 7.16. The Kier molecular flexibility index (Phi) is 8.37.